The number of aliphatic carboxylic acids is 1. The van der Waals surface area contributed by atoms with Crippen LogP contribution >= 0.6 is 0 Å². The van der Waals surface area contributed by atoms with Gasteiger partial charge in [0, 0.05) is 37.1 Å². The SMILES string of the molecule is O=C(NCC1CCCCN1Cc1cc[nH]c1)c1ccccc1.O=C(O)C(F)(F)F. The Morgan fingerprint density at radius 3 is 2.45 bits per heavy atom. The van der Waals surface area contributed by atoms with E-state index in [2.05, 4.69) is 21.3 Å². The number of hydrogen-bond acceptors (Lipinski definition) is 3. The fraction of sp³-hybridized carbons (Fsp3) is 0.400. The smallest absolute Gasteiger partial charge is 0.475 e. The highest BCUT2D eigenvalue weighted by Crippen LogP contribution is 2.19. The van der Waals surface area contributed by atoms with Gasteiger partial charge in [0.25, 0.3) is 5.91 Å². The maximum atomic E-state index is 12.2. The number of halogens is 3. The van der Waals surface area contributed by atoms with E-state index in [0.29, 0.717) is 6.04 Å². The summed E-state index contributed by atoms with van der Waals surface area (Å²) in [6.45, 7) is 2.78. The van der Waals surface area contributed by atoms with Crippen LogP contribution in [0.3, 0.4) is 0 Å². The monoisotopic (exact) mass is 411 g/mol. The highest BCUT2D eigenvalue weighted by Gasteiger charge is 2.38. The molecule has 1 atom stereocenters. The number of carboxylic acids is 1. The fourth-order valence-electron chi connectivity index (χ4n) is 3.09. The lowest BCUT2D eigenvalue weighted by Gasteiger charge is -2.35. The van der Waals surface area contributed by atoms with Crippen LogP contribution in [0.25, 0.3) is 0 Å². The molecule has 1 amide bonds. The zero-order valence-electron chi connectivity index (χ0n) is 15.8. The number of likely N-dealkylation sites (tertiary alicyclic amines) is 1. The first-order valence-corrected chi connectivity index (χ1v) is 9.26. The minimum absolute atomic E-state index is 0.0211. The van der Waals surface area contributed by atoms with Crippen molar-refractivity contribution in [3.63, 3.8) is 0 Å². The van der Waals surface area contributed by atoms with E-state index in [1.165, 1.54) is 18.4 Å². The number of benzene rings is 1. The van der Waals surface area contributed by atoms with Gasteiger partial charge in [-0.3, -0.25) is 9.69 Å². The molecule has 1 aliphatic rings. The van der Waals surface area contributed by atoms with Gasteiger partial charge < -0.3 is 15.4 Å². The number of carbonyl (C=O) groups excluding carboxylic acids is 1. The maximum Gasteiger partial charge on any atom is 0.490 e. The molecule has 0 radical (unpaired) electrons. The van der Waals surface area contributed by atoms with Crippen LogP contribution < -0.4 is 5.32 Å². The van der Waals surface area contributed by atoms with Gasteiger partial charge in [0.1, 0.15) is 0 Å². The molecule has 3 rings (SSSR count). The Bertz CT molecular complexity index is 764. The van der Waals surface area contributed by atoms with Gasteiger partial charge in [-0.05, 0) is 43.1 Å². The lowest BCUT2D eigenvalue weighted by atomic mass is 10.0. The number of amides is 1. The Morgan fingerprint density at radius 1 is 1.17 bits per heavy atom. The third-order valence-corrected chi connectivity index (χ3v) is 4.57. The molecule has 2 heterocycles. The Kier molecular flexibility index (Phi) is 8.26. The van der Waals surface area contributed by atoms with Crippen LogP contribution in [0.4, 0.5) is 13.2 Å². The first kappa shape index (κ1) is 22.5. The maximum absolute atomic E-state index is 12.2. The number of alkyl halides is 3. The number of carboxylic acid groups (broad SMARTS) is 1. The van der Waals surface area contributed by atoms with E-state index in [4.69, 9.17) is 9.90 Å². The molecule has 0 saturated carbocycles. The summed E-state index contributed by atoms with van der Waals surface area (Å²) in [5, 5.41) is 10.2. The molecular weight excluding hydrogens is 387 g/mol. The predicted molar refractivity (Wildman–Crippen MR) is 101 cm³/mol. The zero-order chi connectivity index (χ0) is 21.3. The summed E-state index contributed by atoms with van der Waals surface area (Å²) < 4.78 is 31.7. The van der Waals surface area contributed by atoms with E-state index in [0.717, 1.165) is 31.6 Å². The Hall–Kier alpha value is -2.81. The zero-order valence-corrected chi connectivity index (χ0v) is 15.8. The third-order valence-electron chi connectivity index (χ3n) is 4.57. The number of piperidine rings is 1. The number of nitrogens with zero attached hydrogens (tertiary/aromatic N) is 1. The number of aromatic nitrogens is 1. The van der Waals surface area contributed by atoms with E-state index in [-0.39, 0.29) is 5.91 Å². The van der Waals surface area contributed by atoms with Crippen LogP contribution in [0.15, 0.2) is 48.8 Å². The summed E-state index contributed by atoms with van der Waals surface area (Å²) >= 11 is 0. The van der Waals surface area contributed by atoms with E-state index < -0.39 is 12.1 Å². The first-order valence-electron chi connectivity index (χ1n) is 9.26. The summed E-state index contributed by atoms with van der Waals surface area (Å²) in [4.78, 5) is 26.7. The van der Waals surface area contributed by atoms with Crippen LogP contribution in [0.1, 0.15) is 35.2 Å². The van der Waals surface area contributed by atoms with Gasteiger partial charge in [0.2, 0.25) is 0 Å². The standard InChI is InChI=1S/C18H23N3O.C2HF3O2/c22-18(16-6-2-1-3-7-16)20-13-17-8-4-5-11-21(17)14-15-9-10-19-12-15;3-2(4,5)1(6)7/h1-3,6-7,9-10,12,17,19H,4-5,8,11,13-14H2,(H,20,22);(H,6,7). The molecule has 1 aromatic carbocycles. The molecule has 2 aromatic rings. The highest BCUT2D eigenvalue weighted by atomic mass is 19.4. The number of aromatic amines is 1. The second-order valence-corrected chi connectivity index (χ2v) is 6.72. The van der Waals surface area contributed by atoms with Crippen LogP contribution in [0.2, 0.25) is 0 Å². The van der Waals surface area contributed by atoms with Crippen molar-refractivity contribution < 1.29 is 27.9 Å². The summed E-state index contributed by atoms with van der Waals surface area (Å²) in [5.74, 6) is -2.74. The normalized spacial score (nSPS) is 17.1. The van der Waals surface area contributed by atoms with Crippen molar-refractivity contribution in [1.29, 1.82) is 0 Å². The van der Waals surface area contributed by atoms with Gasteiger partial charge in [-0.25, -0.2) is 4.79 Å². The molecule has 1 aliphatic heterocycles. The van der Waals surface area contributed by atoms with Crippen molar-refractivity contribution >= 4 is 11.9 Å². The molecule has 0 bridgehead atoms. The molecule has 3 N–H and O–H groups in total. The largest absolute Gasteiger partial charge is 0.490 e. The quantitative estimate of drug-likeness (QED) is 0.704. The first-order chi connectivity index (χ1) is 13.8. The highest BCUT2D eigenvalue weighted by molar-refractivity contribution is 5.94. The van der Waals surface area contributed by atoms with Gasteiger partial charge in [-0.2, -0.15) is 13.2 Å². The molecule has 0 spiro atoms. The summed E-state index contributed by atoms with van der Waals surface area (Å²) in [6, 6.07) is 12.0. The van der Waals surface area contributed by atoms with Crippen LogP contribution in [0.5, 0.6) is 0 Å². The second kappa shape index (κ2) is 10.7. The van der Waals surface area contributed by atoms with Crippen LogP contribution in [-0.4, -0.2) is 52.2 Å². The van der Waals surface area contributed by atoms with Crippen molar-refractivity contribution in [1.82, 2.24) is 15.2 Å². The van der Waals surface area contributed by atoms with Crippen LogP contribution in [0, 0.1) is 0 Å². The Morgan fingerprint density at radius 2 is 1.86 bits per heavy atom. The lowest BCUT2D eigenvalue weighted by Crippen LogP contribution is -2.46. The van der Waals surface area contributed by atoms with Crippen molar-refractivity contribution in [2.75, 3.05) is 13.1 Å². The number of hydrogen-bond donors (Lipinski definition) is 3. The van der Waals surface area contributed by atoms with Gasteiger partial charge in [0.05, 0.1) is 0 Å². The van der Waals surface area contributed by atoms with Gasteiger partial charge >= 0.3 is 12.1 Å². The molecular formula is C20H24F3N3O3. The average Bonchev–Trinajstić information content (AvgIpc) is 3.20. The molecule has 1 unspecified atom stereocenters. The summed E-state index contributed by atoms with van der Waals surface area (Å²) in [7, 11) is 0. The Balaban J connectivity index is 0.000000370. The number of H-pyrrole nitrogens is 1. The molecule has 9 heteroatoms. The summed E-state index contributed by atoms with van der Waals surface area (Å²) in [5.41, 5.74) is 2.04. The molecule has 1 fully saturated rings. The molecule has 6 nitrogen and oxygen atoms in total. The van der Waals surface area contributed by atoms with E-state index in [9.17, 15) is 18.0 Å². The van der Waals surface area contributed by atoms with E-state index >= 15 is 0 Å². The number of carbonyl (C=O) groups is 2. The lowest BCUT2D eigenvalue weighted by molar-refractivity contribution is -0.192. The Labute approximate surface area is 166 Å². The summed E-state index contributed by atoms with van der Waals surface area (Å²) in [6.07, 6.45) is 2.57. The van der Waals surface area contributed by atoms with Crippen molar-refractivity contribution in [3.8, 4) is 0 Å². The van der Waals surface area contributed by atoms with Crippen molar-refractivity contribution in [2.45, 2.75) is 38.0 Å². The van der Waals surface area contributed by atoms with Crippen LogP contribution in [-0.2, 0) is 11.3 Å². The fourth-order valence-corrected chi connectivity index (χ4v) is 3.09. The minimum Gasteiger partial charge on any atom is -0.475 e. The van der Waals surface area contributed by atoms with Crippen molar-refractivity contribution in [3.05, 3.63) is 59.9 Å². The molecule has 158 valence electrons. The third kappa shape index (κ3) is 7.61. The van der Waals surface area contributed by atoms with Gasteiger partial charge in [0.15, 0.2) is 0 Å². The van der Waals surface area contributed by atoms with Gasteiger partial charge in [-0.15, -0.1) is 0 Å². The second-order valence-electron chi connectivity index (χ2n) is 6.72. The van der Waals surface area contributed by atoms with E-state index in [1.807, 2.05) is 42.7 Å². The molecule has 0 aliphatic carbocycles. The van der Waals surface area contributed by atoms with Gasteiger partial charge in [-0.1, -0.05) is 24.6 Å². The predicted octanol–water partition coefficient (Wildman–Crippen LogP) is 3.43. The molecule has 1 saturated heterocycles. The number of nitrogens with one attached hydrogen (secondary N) is 2. The van der Waals surface area contributed by atoms with Crippen molar-refractivity contribution in [2.24, 2.45) is 0 Å². The topological polar surface area (TPSA) is 85.4 Å². The minimum atomic E-state index is -5.08. The molecule has 29 heavy (non-hydrogen) atoms. The van der Waals surface area contributed by atoms with E-state index in [1.54, 1.807) is 0 Å². The molecule has 1 aromatic heterocycles. The number of rotatable bonds is 5. The average molecular weight is 411 g/mol.